The summed E-state index contributed by atoms with van der Waals surface area (Å²) in [4.78, 5) is 56.6. The van der Waals surface area contributed by atoms with Crippen LogP contribution in [-0.2, 0) is 0 Å². The number of carbonyl (C=O) groups is 4. The number of hydrazone groups is 4. The Labute approximate surface area is 657 Å². The minimum Gasteiger partial charge on any atom is -0.456 e. The van der Waals surface area contributed by atoms with Crippen LogP contribution in [0.3, 0.4) is 0 Å². The molecule has 8 aromatic carbocycles. The molecular weight excluding hydrogens is 1410 g/mol. The van der Waals surface area contributed by atoms with Crippen LogP contribution in [0, 0.1) is 0 Å². The van der Waals surface area contributed by atoms with Gasteiger partial charge < -0.3 is 37.9 Å². The standard InChI is InChI=1S/C92H104N8O12/c1-5-9-13-17-33-45-65-69-49-71-66(46-34-18-14-10-6-2)73-51-75-68(48-36-20-16-12-8-4)76-52-74-67(47-35-19-15-11-7-3)72-50-70(65)82-78(54-94-98-90(102)62-39-27-22-28-40-62)84(72)108-59-110-86(74)80(56-96-100-92(104)64-43-31-24-32-44-64)88(76)112-60-111-87(75)79(55-95-99-91(103)63-41-29-23-30-42-63)85(73)109-58-107-83(71)77(81(69)105-57-106-82)53-93-97-89(101)61-37-25-21-26-38-61/h21-32,37-44,49-56,65-68H,5-20,33-36,45-48,57-60H2,1-4H3,(H,97,101)(H,98,102)(H,99,103)(H,100,104)/b93-53+,94-54+,95-55+,96-56?. The lowest BCUT2D eigenvalue weighted by molar-refractivity contribution is 0.0947. The molecule has 8 bridgehead atoms. The Morgan fingerprint density at radius 2 is 0.455 bits per heavy atom. The normalized spacial score (nSPS) is 16.2. The van der Waals surface area contributed by atoms with Crippen molar-refractivity contribution >= 4 is 48.5 Å². The largest absolute Gasteiger partial charge is 0.456 e. The summed E-state index contributed by atoms with van der Waals surface area (Å²) >= 11 is 0. The molecule has 0 fully saturated rings. The van der Waals surface area contributed by atoms with E-state index in [-0.39, 0.29) is 27.2 Å². The van der Waals surface area contributed by atoms with Gasteiger partial charge in [0, 0.05) is 90.4 Å². The monoisotopic (exact) mass is 1510 g/mol. The molecule has 4 atom stereocenters. The summed E-state index contributed by atoms with van der Waals surface area (Å²) in [5.41, 5.74) is 21.6. The number of nitrogens with zero attached hydrogens (tertiary/aromatic N) is 4. The van der Waals surface area contributed by atoms with Crippen LogP contribution in [0.4, 0.5) is 0 Å². The first kappa shape index (κ1) is 78.8. The van der Waals surface area contributed by atoms with Crippen LogP contribution in [0.15, 0.2) is 166 Å². The summed E-state index contributed by atoms with van der Waals surface area (Å²) in [6.07, 6.45) is 28.4. The summed E-state index contributed by atoms with van der Waals surface area (Å²) in [7, 11) is 0. The number of carbonyl (C=O) groups excluding carboxylic acids is 4. The average molecular weight is 1510 g/mol. The quantitative estimate of drug-likeness (QED) is 0.0163. The maximum absolute atomic E-state index is 14.1. The van der Waals surface area contributed by atoms with Gasteiger partial charge in [-0.05, 0) is 98.5 Å². The van der Waals surface area contributed by atoms with E-state index in [1.807, 2.05) is 72.8 Å². The topological polar surface area (TPSA) is 240 Å². The Morgan fingerprint density at radius 3 is 0.634 bits per heavy atom. The van der Waals surface area contributed by atoms with Crippen LogP contribution in [-0.4, -0.2) is 75.7 Å². The summed E-state index contributed by atoms with van der Waals surface area (Å²) in [5, 5.41) is 19.2. The predicted molar refractivity (Wildman–Crippen MR) is 437 cm³/mol. The van der Waals surface area contributed by atoms with E-state index in [4.69, 9.17) is 58.3 Å². The molecule has 0 spiro atoms. The van der Waals surface area contributed by atoms with Gasteiger partial charge in [-0.3, -0.25) is 19.2 Å². The Balaban J connectivity index is 1.17. The summed E-state index contributed by atoms with van der Waals surface area (Å²) in [6.45, 7) is 7.55. The van der Waals surface area contributed by atoms with Gasteiger partial charge in [0.05, 0.1) is 47.1 Å². The van der Waals surface area contributed by atoms with E-state index in [0.29, 0.717) is 116 Å². The van der Waals surface area contributed by atoms with Gasteiger partial charge in [0.25, 0.3) is 23.6 Å². The molecule has 4 unspecified atom stereocenters. The molecule has 4 amide bonds. The second kappa shape index (κ2) is 39.6. The number of amides is 4. The lowest BCUT2D eigenvalue weighted by Gasteiger charge is -2.37. The number of nitrogens with one attached hydrogen (secondary N) is 4. The zero-order chi connectivity index (χ0) is 77.4. The molecule has 4 heterocycles. The molecule has 8 aromatic rings. The Kier molecular flexibility index (Phi) is 27.8. The van der Waals surface area contributed by atoms with Crippen LogP contribution in [0.5, 0.6) is 46.0 Å². The lowest BCUT2D eigenvalue weighted by atomic mass is 9.74. The van der Waals surface area contributed by atoms with Crippen molar-refractivity contribution in [2.24, 2.45) is 20.4 Å². The molecule has 584 valence electrons. The van der Waals surface area contributed by atoms with Crippen molar-refractivity contribution in [3.05, 3.63) is 235 Å². The zero-order valence-corrected chi connectivity index (χ0v) is 65.0. The van der Waals surface area contributed by atoms with Crippen molar-refractivity contribution in [3.8, 4) is 46.0 Å². The van der Waals surface area contributed by atoms with Crippen LogP contribution in [0.2, 0.25) is 0 Å². The van der Waals surface area contributed by atoms with Crippen molar-refractivity contribution in [3.63, 3.8) is 0 Å². The van der Waals surface area contributed by atoms with E-state index in [1.165, 1.54) is 0 Å². The molecule has 4 N–H and O–H groups in total. The highest BCUT2D eigenvalue weighted by molar-refractivity contribution is 6.00. The van der Waals surface area contributed by atoms with Crippen LogP contribution < -0.4 is 59.6 Å². The van der Waals surface area contributed by atoms with Crippen molar-refractivity contribution < 1.29 is 57.1 Å². The maximum Gasteiger partial charge on any atom is 0.271 e. The van der Waals surface area contributed by atoms with E-state index < -0.39 is 47.3 Å². The highest BCUT2D eigenvalue weighted by Crippen LogP contribution is 2.58. The minimum atomic E-state index is -0.502. The first-order valence-electron chi connectivity index (χ1n) is 40.6. The lowest BCUT2D eigenvalue weighted by Crippen LogP contribution is -2.26. The molecule has 20 heteroatoms. The van der Waals surface area contributed by atoms with Crippen molar-refractivity contribution in [1.29, 1.82) is 0 Å². The fourth-order valence-electron chi connectivity index (χ4n) is 16.2. The van der Waals surface area contributed by atoms with Gasteiger partial charge in [0.15, 0.2) is 0 Å². The van der Waals surface area contributed by atoms with Crippen molar-refractivity contribution in [2.45, 2.75) is 205 Å². The third-order valence-electron chi connectivity index (χ3n) is 21.9. The molecular formula is C92H104N8O12. The number of unbranched alkanes of at least 4 members (excludes halogenated alkanes) is 16. The van der Waals surface area contributed by atoms with E-state index in [9.17, 15) is 19.2 Å². The average Bonchev–Trinajstić information content (AvgIpc) is 0.725. The van der Waals surface area contributed by atoms with Gasteiger partial charge in [-0.1, -0.05) is 229 Å². The number of rotatable bonds is 36. The fraction of sp³-hybridized carbons (Fsp3) is 0.391. The van der Waals surface area contributed by atoms with Gasteiger partial charge in [0.2, 0.25) is 27.2 Å². The molecule has 5 aliphatic rings. The van der Waals surface area contributed by atoms with Crippen LogP contribution >= 0.6 is 0 Å². The number of benzene rings is 8. The molecule has 112 heavy (non-hydrogen) atoms. The zero-order valence-electron chi connectivity index (χ0n) is 65.0. The summed E-state index contributed by atoms with van der Waals surface area (Å²) in [5.74, 6) is -0.0835. The fourth-order valence-corrected chi connectivity index (χ4v) is 16.2. The van der Waals surface area contributed by atoms with Crippen molar-refractivity contribution in [2.75, 3.05) is 27.2 Å². The maximum atomic E-state index is 14.1. The number of hydrogen-bond donors (Lipinski definition) is 4. The molecule has 20 nitrogen and oxygen atoms in total. The molecule has 13 rings (SSSR count). The first-order valence-corrected chi connectivity index (χ1v) is 40.6. The molecule has 1 aliphatic carbocycles. The van der Waals surface area contributed by atoms with Crippen molar-refractivity contribution in [1.82, 2.24) is 21.7 Å². The smallest absolute Gasteiger partial charge is 0.271 e. The van der Waals surface area contributed by atoms with Gasteiger partial charge in [-0.15, -0.1) is 0 Å². The summed E-state index contributed by atoms with van der Waals surface area (Å²) < 4.78 is 57.6. The SMILES string of the molecule is CCCCCCCC1c2cc3c4c(C=NNC(=O)c5ccccc5)c2OCOc2c1cc1c(c2/C=N/NC(=O)c2ccccc2)OCOc2c(cc5c(c2/C=N/NC(=O)c2ccccc2)OCOc2c(cc(c(c2/C=N/NC(=O)c2ccccc2)OCO4)C3CCCCCCC)C5CCCCCCC)C1CCCCCCC. The van der Waals surface area contributed by atoms with Crippen LogP contribution in [0.25, 0.3) is 0 Å². The van der Waals surface area contributed by atoms with E-state index in [0.717, 1.165) is 173 Å². The van der Waals surface area contributed by atoms with E-state index in [1.54, 1.807) is 73.4 Å². The van der Waals surface area contributed by atoms with Gasteiger partial charge >= 0.3 is 0 Å². The molecule has 0 radical (unpaired) electrons. The second-order valence-corrected chi connectivity index (χ2v) is 29.4. The minimum absolute atomic E-state index is 0.333. The Hall–Kier alpha value is -11.3. The number of hydrogen-bond acceptors (Lipinski definition) is 16. The van der Waals surface area contributed by atoms with Gasteiger partial charge in [0.1, 0.15) is 46.0 Å². The molecule has 0 saturated heterocycles. The first-order chi connectivity index (χ1) is 55.2. The second-order valence-electron chi connectivity index (χ2n) is 29.4. The number of ether oxygens (including phenoxy) is 8. The molecule has 4 aliphatic heterocycles. The molecule has 0 saturated carbocycles. The predicted octanol–water partition coefficient (Wildman–Crippen LogP) is 19.9. The van der Waals surface area contributed by atoms with E-state index >= 15 is 0 Å². The highest BCUT2D eigenvalue weighted by atomic mass is 16.7. The third kappa shape index (κ3) is 18.7. The molecule has 0 aromatic heterocycles. The van der Waals surface area contributed by atoms with Gasteiger partial charge in [-0.25, -0.2) is 21.7 Å². The Morgan fingerprint density at radius 1 is 0.277 bits per heavy atom. The third-order valence-corrected chi connectivity index (χ3v) is 21.9. The highest BCUT2D eigenvalue weighted by Gasteiger charge is 2.42. The Bertz CT molecular complexity index is 3980. The summed E-state index contributed by atoms with van der Waals surface area (Å²) in [6, 6.07) is 45.0. The van der Waals surface area contributed by atoms with Crippen LogP contribution in [0.1, 0.15) is 314 Å². The van der Waals surface area contributed by atoms with E-state index in [2.05, 4.69) is 73.7 Å². The van der Waals surface area contributed by atoms with Gasteiger partial charge in [-0.2, -0.15) is 20.4 Å².